The number of nitrogens with zero attached hydrogens (tertiary/aromatic N) is 2. The molecule has 1 aromatic heterocycles. The first kappa shape index (κ1) is 28.8. The van der Waals surface area contributed by atoms with E-state index in [4.69, 9.17) is 4.74 Å². The molecule has 1 atom stereocenters. The lowest BCUT2D eigenvalue weighted by Crippen LogP contribution is -2.26. The quantitative estimate of drug-likeness (QED) is 0.236. The van der Waals surface area contributed by atoms with Gasteiger partial charge < -0.3 is 9.47 Å². The molecule has 1 unspecified atom stereocenters. The van der Waals surface area contributed by atoms with Crippen molar-refractivity contribution in [3.05, 3.63) is 82.5 Å². The van der Waals surface area contributed by atoms with Gasteiger partial charge >= 0.3 is 6.61 Å². The second kappa shape index (κ2) is 12.8. The van der Waals surface area contributed by atoms with Crippen LogP contribution in [0.2, 0.25) is 0 Å². The third kappa shape index (κ3) is 6.45. The molecular weight excluding hydrogens is 550 g/mol. The Morgan fingerprint density at radius 2 is 1.80 bits per heavy atom. The Morgan fingerprint density at radius 3 is 2.51 bits per heavy atom. The summed E-state index contributed by atoms with van der Waals surface area (Å²) in [5.41, 5.74) is 2.85. The predicted molar refractivity (Wildman–Crippen MR) is 140 cm³/mol. The van der Waals surface area contributed by atoms with Gasteiger partial charge in [0.1, 0.15) is 6.10 Å². The van der Waals surface area contributed by atoms with Gasteiger partial charge in [0.15, 0.2) is 17.4 Å². The van der Waals surface area contributed by atoms with Gasteiger partial charge in [0.05, 0.1) is 6.67 Å². The van der Waals surface area contributed by atoms with Crippen molar-refractivity contribution in [2.75, 3.05) is 26.3 Å². The molecule has 1 fully saturated rings. The molecule has 2 aromatic carbocycles. The lowest BCUT2D eigenvalue weighted by molar-refractivity contribution is -0.0521. The fraction of sp³-hybridized carbons (Fsp3) is 0.367. The summed E-state index contributed by atoms with van der Waals surface area (Å²) in [5.74, 6) is -2.54. The smallest absolute Gasteiger partial charge is 0.387 e. The third-order valence-corrected chi connectivity index (χ3v) is 7.36. The number of hydrogen-bond donors (Lipinski definition) is 0. The Labute approximate surface area is 233 Å². The van der Waals surface area contributed by atoms with Gasteiger partial charge in [-0.2, -0.15) is 8.78 Å². The number of benzene rings is 2. The van der Waals surface area contributed by atoms with Gasteiger partial charge in [-0.05, 0) is 84.2 Å². The van der Waals surface area contributed by atoms with Crippen molar-refractivity contribution in [3.8, 4) is 17.4 Å². The highest BCUT2D eigenvalue weighted by atomic mass is 19.3. The van der Waals surface area contributed by atoms with Gasteiger partial charge in [0.25, 0.3) is 0 Å². The molecule has 2 heterocycles. The van der Waals surface area contributed by atoms with Crippen molar-refractivity contribution in [3.63, 3.8) is 0 Å². The van der Waals surface area contributed by atoms with Crippen LogP contribution < -0.4 is 14.4 Å². The van der Waals surface area contributed by atoms with Crippen LogP contribution in [-0.2, 0) is 6.42 Å². The maximum atomic E-state index is 15.2. The van der Waals surface area contributed by atoms with Crippen LogP contribution in [-0.4, -0.2) is 48.9 Å². The molecule has 1 saturated heterocycles. The Bertz CT molecular complexity index is 1400. The van der Waals surface area contributed by atoms with Gasteiger partial charge in [0.2, 0.25) is 11.6 Å². The number of allylic oxidation sites excluding steroid dienone is 1. The van der Waals surface area contributed by atoms with E-state index in [0.717, 1.165) is 25.1 Å². The molecular formula is C30H28F6N2O3. The summed E-state index contributed by atoms with van der Waals surface area (Å²) in [6.45, 7) is -1.40. The number of hydrogen-bond acceptors (Lipinski definition) is 5. The first-order chi connectivity index (χ1) is 19.9. The molecule has 0 radical (unpaired) electrons. The highest BCUT2D eigenvalue weighted by Crippen LogP contribution is 2.42. The van der Waals surface area contributed by atoms with E-state index in [1.54, 1.807) is 18.3 Å². The van der Waals surface area contributed by atoms with Gasteiger partial charge in [-0.25, -0.2) is 13.8 Å². The summed E-state index contributed by atoms with van der Waals surface area (Å²) in [6.07, 6.45) is 3.83. The molecule has 0 saturated carbocycles. The van der Waals surface area contributed by atoms with E-state index >= 15 is 4.39 Å². The normalized spacial score (nSPS) is 17.5. The molecule has 5 rings (SSSR count). The highest BCUT2D eigenvalue weighted by Gasteiger charge is 2.27. The monoisotopic (exact) mass is 578 g/mol. The van der Waals surface area contributed by atoms with Crippen LogP contribution in [0.3, 0.4) is 0 Å². The minimum atomic E-state index is -3.18. The van der Waals surface area contributed by atoms with Crippen LogP contribution >= 0.6 is 0 Å². The Morgan fingerprint density at radius 1 is 1.00 bits per heavy atom. The second-order valence-electron chi connectivity index (χ2n) is 9.97. The number of alkyl halides is 3. The van der Waals surface area contributed by atoms with E-state index in [-0.39, 0.29) is 24.8 Å². The van der Waals surface area contributed by atoms with Crippen LogP contribution in [0, 0.1) is 11.6 Å². The average Bonchev–Trinajstić information content (AvgIpc) is 3.31. The van der Waals surface area contributed by atoms with Crippen molar-refractivity contribution in [1.29, 1.82) is 0 Å². The average molecular weight is 579 g/mol. The number of halogens is 6. The minimum Gasteiger partial charge on any atom is -0.473 e. The molecule has 5 nitrogen and oxygen atoms in total. The van der Waals surface area contributed by atoms with Crippen LogP contribution in [0.15, 0.2) is 48.7 Å². The molecule has 0 N–H and O–H groups in total. The highest BCUT2D eigenvalue weighted by molar-refractivity contribution is 6.00. The zero-order valence-corrected chi connectivity index (χ0v) is 22.0. The summed E-state index contributed by atoms with van der Waals surface area (Å²) in [6, 6.07) is 9.85. The number of aromatic nitrogens is 1. The van der Waals surface area contributed by atoms with Crippen LogP contribution in [0.5, 0.6) is 17.4 Å². The third-order valence-electron chi connectivity index (χ3n) is 7.36. The zero-order chi connectivity index (χ0) is 28.9. The van der Waals surface area contributed by atoms with E-state index < -0.39 is 29.7 Å². The summed E-state index contributed by atoms with van der Waals surface area (Å²) < 4.78 is 91.1. The Balaban J connectivity index is 1.52. The van der Waals surface area contributed by atoms with Crippen molar-refractivity contribution < 1.29 is 40.9 Å². The van der Waals surface area contributed by atoms with Crippen molar-refractivity contribution >= 4 is 11.1 Å². The fourth-order valence-electron chi connectivity index (χ4n) is 5.51. The molecule has 41 heavy (non-hydrogen) atoms. The number of fused-ring (bicyclic) bond motifs is 1. The number of ether oxygens (including phenoxy) is 2. The standard InChI is InChI=1S/C30H28F6N2O3/c31-12-2-13-38-14-11-20(17-38)39-27-10-6-19(16-37-27)28-21(18-5-8-25(24(32)15-18)40-30(34)35)3-1-4-23-22(28)7-9-26(41-36)29(23)33/h5-10,15-16,20,30H,1-4,11-14,17H2. The molecule has 1 aliphatic carbocycles. The van der Waals surface area contributed by atoms with Gasteiger partial charge in [-0.15, -0.1) is 0 Å². The van der Waals surface area contributed by atoms with Gasteiger partial charge in [0, 0.05) is 42.0 Å². The number of likely N-dealkylation sites (tertiary alicyclic amines) is 1. The Kier molecular flexibility index (Phi) is 9.02. The molecule has 3 aromatic rings. The van der Waals surface area contributed by atoms with Gasteiger partial charge in [-0.3, -0.25) is 14.2 Å². The summed E-state index contributed by atoms with van der Waals surface area (Å²) >= 11 is 0. The van der Waals surface area contributed by atoms with Crippen molar-refractivity contribution in [2.24, 2.45) is 0 Å². The van der Waals surface area contributed by atoms with Crippen LogP contribution in [0.25, 0.3) is 11.1 Å². The topological polar surface area (TPSA) is 43.8 Å². The summed E-state index contributed by atoms with van der Waals surface area (Å²) in [7, 11) is 0. The molecule has 0 amide bonds. The van der Waals surface area contributed by atoms with E-state index in [1.165, 1.54) is 18.2 Å². The van der Waals surface area contributed by atoms with Crippen molar-refractivity contribution in [1.82, 2.24) is 9.88 Å². The SMILES string of the molecule is FCCCN1CCC(Oc2ccc(C3=C(c4ccc(OC(F)F)c(F)c4)CCCc4c3ccc(OF)c4F)cn2)C1. The lowest BCUT2D eigenvalue weighted by Gasteiger charge is -2.18. The molecule has 1 aliphatic heterocycles. The molecule has 0 spiro atoms. The molecule has 11 heteroatoms. The largest absolute Gasteiger partial charge is 0.473 e. The maximum absolute atomic E-state index is 15.2. The van der Waals surface area contributed by atoms with E-state index in [1.807, 2.05) is 0 Å². The van der Waals surface area contributed by atoms with E-state index in [2.05, 4.69) is 19.6 Å². The minimum absolute atomic E-state index is 0.0912. The second-order valence-corrected chi connectivity index (χ2v) is 9.97. The van der Waals surface area contributed by atoms with Crippen LogP contribution in [0.1, 0.15) is 47.9 Å². The summed E-state index contributed by atoms with van der Waals surface area (Å²) in [5, 5.41) is 0. The Hall–Kier alpha value is -3.73. The maximum Gasteiger partial charge on any atom is 0.387 e. The summed E-state index contributed by atoms with van der Waals surface area (Å²) in [4.78, 5) is 10.3. The van der Waals surface area contributed by atoms with E-state index in [0.29, 0.717) is 66.1 Å². The molecule has 2 aliphatic rings. The van der Waals surface area contributed by atoms with E-state index in [9.17, 15) is 22.1 Å². The van der Waals surface area contributed by atoms with Gasteiger partial charge in [-0.1, -0.05) is 12.1 Å². The number of pyridine rings is 1. The number of rotatable bonds is 10. The molecule has 218 valence electrons. The predicted octanol–water partition coefficient (Wildman–Crippen LogP) is 7.33. The molecule has 0 bridgehead atoms. The first-order valence-corrected chi connectivity index (χ1v) is 13.4. The fourth-order valence-corrected chi connectivity index (χ4v) is 5.51. The zero-order valence-electron chi connectivity index (χ0n) is 22.0. The first-order valence-electron chi connectivity index (χ1n) is 13.4. The van der Waals surface area contributed by atoms with Crippen LogP contribution in [0.4, 0.5) is 26.5 Å². The lowest BCUT2D eigenvalue weighted by atomic mass is 9.88. The van der Waals surface area contributed by atoms with Crippen molar-refractivity contribution in [2.45, 2.75) is 44.8 Å².